The van der Waals surface area contributed by atoms with Crippen LogP contribution in [-0.4, -0.2) is 47.3 Å². The maximum Gasteiger partial charge on any atom is 0.251 e. The molecule has 1 atom stereocenters. The second-order valence-electron chi connectivity index (χ2n) is 7.80. The number of piperidine rings is 1. The average Bonchev–Trinajstić information content (AvgIpc) is 2.69. The van der Waals surface area contributed by atoms with Gasteiger partial charge in [0.2, 0.25) is 5.91 Å². The van der Waals surface area contributed by atoms with Crippen LogP contribution in [0.1, 0.15) is 53.0 Å². The minimum Gasteiger partial charge on any atom is -0.377 e. The first-order valence-corrected chi connectivity index (χ1v) is 10.5. The molecule has 1 heterocycles. The Balaban J connectivity index is 2.17. The van der Waals surface area contributed by atoms with E-state index in [2.05, 4.69) is 5.32 Å². The topological polar surface area (TPSA) is 52.7 Å². The first kappa shape index (κ1) is 22.0. The summed E-state index contributed by atoms with van der Waals surface area (Å²) in [5, 5.41) is 3.39. The third kappa shape index (κ3) is 5.37. The van der Waals surface area contributed by atoms with Crippen LogP contribution in [-0.2, 0) is 16.1 Å². The number of nitrogens with one attached hydrogen (secondary N) is 1. The maximum absolute atomic E-state index is 13.1. The van der Waals surface area contributed by atoms with Gasteiger partial charge in [-0.05, 0) is 45.1 Å². The molecule has 1 N–H and O–H groups in total. The minimum atomic E-state index is -0.315. The minimum absolute atomic E-state index is 0.0814. The molecule has 1 aliphatic heterocycles. The van der Waals surface area contributed by atoms with Crippen molar-refractivity contribution in [3.8, 4) is 0 Å². The van der Waals surface area contributed by atoms with Gasteiger partial charge in [0.05, 0.1) is 0 Å². The Morgan fingerprint density at radius 3 is 2.39 bits per heavy atom. The second kappa shape index (κ2) is 10.3. The van der Waals surface area contributed by atoms with E-state index in [9.17, 15) is 9.59 Å². The molecule has 1 aromatic carbocycles. The van der Waals surface area contributed by atoms with Gasteiger partial charge in [0, 0.05) is 37.4 Å². The van der Waals surface area contributed by atoms with Crippen LogP contribution < -0.4 is 5.32 Å². The van der Waals surface area contributed by atoms with E-state index in [0.29, 0.717) is 19.6 Å². The van der Waals surface area contributed by atoms with E-state index >= 15 is 0 Å². The van der Waals surface area contributed by atoms with Crippen LogP contribution >= 0.6 is 0 Å². The molecule has 2 amide bonds. The zero-order valence-electron chi connectivity index (χ0n) is 18.0. The van der Waals surface area contributed by atoms with E-state index in [1.165, 1.54) is 0 Å². The van der Waals surface area contributed by atoms with Crippen molar-refractivity contribution >= 4 is 11.8 Å². The summed E-state index contributed by atoms with van der Waals surface area (Å²) in [5.74, 6) is 0.324. The predicted octanol–water partition coefficient (Wildman–Crippen LogP) is 3.57. The molecule has 154 valence electrons. The monoisotopic (exact) mass is 385 g/mol. The van der Waals surface area contributed by atoms with E-state index in [4.69, 9.17) is 0 Å². The van der Waals surface area contributed by atoms with Gasteiger partial charge in [-0.3, -0.25) is 9.59 Å². The molecule has 1 fully saturated rings. The van der Waals surface area contributed by atoms with Crippen LogP contribution in [0.5, 0.6) is 0 Å². The van der Waals surface area contributed by atoms with Crippen LogP contribution in [0.4, 0.5) is 0 Å². The van der Waals surface area contributed by atoms with Gasteiger partial charge in [-0.1, -0.05) is 44.2 Å². The number of amides is 2. The van der Waals surface area contributed by atoms with Gasteiger partial charge in [0.1, 0.15) is 6.04 Å². The fourth-order valence-electron chi connectivity index (χ4n) is 3.71. The Hall–Kier alpha value is -2.30. The van der Waals surface area contributed by atoms with Crippen LogP contribution in [0.15, 0.2) is 41.6 Å². The summed E-state index contributed by atoms with van der Waals surface area (Å²) in [4.78, 5) is 29.7. The summed E-state index contributed by atoms with van der Waals surface area (Å²) in [5.41, 5.74) is 2.78. The number of benzene rings is 1. The number of carbonyl (C=O) groups is 2. The number of hydrogen-bond acceptors (Lipinski definition) is 3. The van der Waals surface area contributed by atoms with Crippen molar-refractivity contribution in [3.05, 3.63) is 47.2 Å². The van der Waals surface area contributed by atoms with Crippen molar-refractivity contribution < 1.29 is 9.59 Å². The summed E-state index contributed by atoms with van der Waals surface area (Å²) in [6.45, 7) is 12.8. The molecule has 0 aromatic heterocycles. The predicted molar refractivity (Wildman–Crippen MR) is 113 cm³/mol. The third-order valence-corrected chi connectivity index (χ3v) is 5.45. The fraction of sp³-hybridized carbons (Fsp3) is 0.565. The first-order valence-electron chi connectivity index (χ1n) is 10.5. The lowest BCUT2D eigenvalue weighted by Gasteiger charge is -2.32. The van der Waals surface area contributed by atoms with Crippen LogP contribution in [0.2, 0.25) is 0 Å². The van der Waals surface area contributed by atoms with Gasteiger partial charge in [0.15, 0.2) is 0 Å². The van der Waals surface area contributed by atoms with E-state index in [1.54, 1.807) is 0 Å². The largest absolute Gasteiger partial charge is 0.377 e. The third-order valence-electron chi connectivity index (χ3n) is 5.45. The summed E-state index contributed by atoms with van der Waals surface area (Å²) in [6, 6.07) is 9.77. The number of allylic oxidation sites excluding steroid dienone is 1. The molecular weight excluding hydrogens is 350 g/mol. The molecule has 0 aliphatic carbocycles. The second-order valence-corrected chi connectivity index (χ2v) is 7.80. The van der Waals surface area contributed by atoms with E-state index in [1.807, 2.05) is 74.8 Å². The summed E-state index contributed by atoms with van der Waals surface area (Å²) in [7, 11) is 0. The molecule has 0 saturated carbocycles. The highest BCUT2D eigenvalue weighted by atomic mass is 16.2. The van der Waals surface area contributed by atoms with Crippen LogP contribution in [0, 0.1) is 5.92 Å². The number of likely N-dealkylation sites (N-methyl/N-ethyl adjacent to an activating group) is 1. The van der Waals surface area contributed by atoms with Crippen molar-refractivity contribution in [1.29, 1.82) is 0 Å². The van der Waals surface area contributed by atoms with Gasteiger partial charge in [-0.25, -0.2) is 0 Å². The highest BCUT2D eigenvalue weighted by Crippen LogP contribution is 2.22. The molecule has 1 aromatic rings. The van der Waals surface area contributed by atoms with Crippen LogP contribution in [0.25, 0.3) is 0 Å². The van der Waals surface area contributed by atoms with E-state index < -0.39 is 0 Å². The van der Waals surface area contributed by atoms with Gasteiger partial charge in [0.25, 0.3) is 5.91 Å². The zero-order valence-corrected chi connectivity index (χ0v) is 18.0. The lowest BCUT2D eigenvalue weighted by Crippen LogP contribution is -2.49. The number of carbonyl (C=O) groups excluding carboxylic acids is 2. The molecule has 2 rings (SSSR count). The van der Waals surface area contributed by atoms with Crippen molar-refractivity contribution in [1.82, 2.24) is 15.1 Å². The SMILES string of the molecule is CCN(CC)C(=O)[C@@H](N/C(C)=C1/CCCN(Cc2ccccc2)C1=O)C(C)C. The number of likely N-dealkylation sites (tertiary alicyclic amines) is 1. The summed E-state index contributed by atoms with van der Waals surface area (Å²) in [6.07, 6.45) is 1.70. The summed E-state index contributed by atoms with van der Waals surface area (Å²) >= 11 is 0. The van der Waals surface area contributed by atoms with Gasteiger partial charge >= 0.3 is 0 Å². The van der Waals surface area contributed by atoms with Gasteiger partial charge in [-0.2, -0.15) is 0 Å². The maximum atomic E-state index is 13.1. The fourth-order valence-corrected chi connectivity index (χ4v) is 3.71. The standard InChI is InChI=1S/C23H35N3O2/c1-6-25(7-2)23(28)21(17(3)4)24-18(5)20-14-11-15-26(22(20)27)16-19-12-9-8-10-13-19/h8-10,12-13,17,21,24H,6-7,11,14-16H2,1-5H3/b20-18-/t21-/m0/s1. The van der Waals surface area contributed by atoms with Crippen molar-refractivity contribution in [2.45, 2.75) is 60.0 Å². The molecule has 1 saturated heterocycles. The Bertz CT molecular complexity index is 693. The average molecular weight is 386 g/mol. The Morgan fingerprint density at radius 2 is 1.82 bits per heavy atom. The first-order chi connectivity index (χ1) is 13.4. The quantitative estimate of drug-likeness (QED) is 0.696. The molecule has 28 heavy (non-hydrogen) atoms. The molecule has 0 radical (unpaired) electrons. The zero-order chi connectivity index (χ0) is 20.7. The van der Waals surface area contributed by atoms with Crippen molar-refractivity contribution in [3.63, 3.8) is 0 Å². The Morgan fingerprint density at radius 1 is 1.18 bits per heavy atom. The van der Waals surface area contributed by atoms with Gasteiger partial charge < -0.3 is 15.1 Å². The highest BCUT2D eigenvalue weighted by Gasteiger charge is 2.29. The molecule has 0 spiro atoms. The number of rotatable bonds is 8. The Kier molecular flexibility index (Phi) is 8.09. The van der Waals surface area contributed by atoms with E-state index in [0.717, 1.165) is 36.2 Å². The van der Waals surface area contributed by atoms with Crippen LogP contribution in [0.3, 0.4) is 0 Å². The molecule has 5 nitrogen and oxygen atoms in total. The Labute approximate surface area is 169 Å². The highest BCUT2D eigenvalue weighted by molar-refractivity contribution is 5.95. The molecule has 0 bridgehead atoms. The number of nitrogens with zero attached hydrogens (tertiary/aromatic N) is 2. The van der Waals surface area contributed by atoms with E-state index in [-0.39, 0.29) is 23.8 Å². The number of hydrogen-bond donors (Lipinski definition) is 1. The molecule has 1 aliphatic rings. The van der Waals surface area contributed by atoms with Crippen molar-refractivity contribution in [2.75, 3.05) is 19.6 Å². The molecule has 5 heteroatoms. The lowest BCUT2D eigenvalue weighted by molar-refractivity contribution is -0.134. The van der Waals surface area contributed by atoms with Crippen molar-refractivity contribution in [2.24, 2.45) is 5.92 Å². The molecule has 0 unspecified atom stereocenters. The summed E-state index contributed by atoms with van der Waals surface area (Å²) < 4.78 is 0. The van der Waals surface area contributed by atoms with Gasteiger partial charge in [-0.15, -0.1) is 0 Å². The normalized spacial score (nSPS) is 17.5. The molecular formula is C23H35N3O2. The smallest absolute Gasteiger partial charge is 0.251 e. The lowest BCUT2D eigenvalue weighted by atomic mass is 9.98.